The van der Waals surface area contributed by atoms with E-state index in [2.05, 4.69) is 0 Å². The zero-order valence-electron chi connectivity index (χ0n) is 8.46. The average Bonchev–Trinajstić information content (AvgIpc) is 3.01. The molecular formula is C12H11Cl2FO. The van der Waals surface area contributed by atoms with Gasteiger partial charge in [0.15, 0.2) is 0 Å². The third-order valence-corrected chi connectivity index (χ3v) is 3.50. The van der Waals surface area contributed by atoms with Gasteiger partial charge in [-0.05, 0) is 42.0 Å². The van der Waals surface area contributed by atoms with Crippen molar-refractivity contribution in [1.29, 1.82) is 0 Å². The smallest absolute Gasteiger partial charge is 0.122 e. The van der Waals surface area contributed by atoms with Gasteiger partial charge >= 0.3 is 0 Å². The average molecular weight is 261 g/mol. The molecule has 0 heterocycles. The van der Waals surface area contributed by atoms with Crippen molar-refractivity contribution in [1.82, 2.24) is 0 Å². The lowest BCUT2D eigenvalue weighted by molar-refractivity contribution is 0.297. The molecule has 0 saturated heterocycles. The predicted molar refractivity (Wildman–Crippen MR) is 63.6 cm³/mol. The van der Waals surface area contributed by atoms with E-state index in [-0.39, 0.29) is 5.92 Å². The van der Waals surface area contributed by atoms with Gasteiger partial charge in [-0.25, -0.2) is 4.39 Å². The highest BCUT2D eigenvalue weighted by Crippen LogP contribution is 2.49. The molecule has 2 rings (SSSR count). The standard InChI is InChI=1S/C12H11Cl2FO/c13-11-2-1-7(5-12(11)14)10-4-8(10)3-9(15)6-16/h1-3,5,8,10,16H,4,6H2/b9-3-/t8-,10+/m1/s1. The lowest BCUT2D eigenvalue weighted by Crippen LogP contribution is -1.86. The number of allylic oxidation sites excluding steroid dienone is 1. The molecule has 1 aliphatic carbocycles. The van der Waals surface area contributed by atoms with Gasteiger partial charge in [0.2, 0.25) is 0 Å². The van der Waals surface area contributed by atoms with E-state index in [4.69, 9.17) is 28.3 Å². The van der Waals surface area contributed by atoms with Crippen molar-refractivity contribution in [3.8, 4) is 0 Å². The van der Waals surface area contributed by atoms with Gasteiger partial charge in [-0.3, -0.25) is 0 Å². The highest BCUT2D eigenvalue weighted by atomic mass is 35.5. The molecule has 0 aromatic heterocycles. The topological polar surface area (TPSA) is 20.2 Å². The van der Waals surface area contributed by atoms with Gasteiger partial charge in [-0.15, -0.1) is 0 Å². The maximum absolute atomic E-state index is 12.8. The van der Waals surface area contributed by atoms with Crippen LogP contribution in [0.3, 0.4) is 0 Å². The van der Waals surface area contributed by atoms with Crippen LogP contribution in [0, 0.1) is 5.92 Å². The highest BCUT2D eigenvalue weighted by molar-refractivity contribution is 6.42. The van der Waals surface area contributed by atoms with Crippen LogP contribution in [0.5, 0.6) is 0 Å². The normalized spacial score (nSPS) is 24.6. The largest absolute Gasteiger partial charge is 0.389 e. The number of benzene rings is 1. The van der Waals surface area contributed by atoms with Crippen molar-refractivity contribution >= 4 is 23.2 Å². The Morgan fingerprint density at radius 2 is 2.19 bits per heavy atom. The highest BCUT2D eigenvalue weighted by Gasteiger charge is 2.37. The molecule has 0 amide bonds. The van der Waals surface area contributed by atoms with Crippen molar-refractivity contribution in [2.24, 2.45) is 5.92 Å². The molecule has 1 aromatic rings. The Bertz CT molecular complexity index is 431. The number of rotatable bonds is 3. The first-order valence-corrected chi connectivity index (χ1v) is 5.79. The maximum Gasteiger partial charge on any atom is 0.122 e. The fraction of sp³-hybridized carbons (Fsp3) is 0.333. The quantitative estimate of drug-likeness (QED) is 0.873. The predicted octanol–water partition coefficient (Wildman–Crippen LogP) is 3.94. The van der Waals surface area contributed by atoms with Crippen LogP contribution >= 0.6 is 23.2 Å². The summed E-state index contributed by atoms with van der Waals surface area (Å²) in [4.78, 5) is 0. The molecule has 2 atom stereocenters. The summed E-state index contributed by atoms with van der Waals surface area (Å²) in [6.45, 7) is -0.523. The van der Waals surface area contributed by atoms with Crippen molar-refractivity contribution < 1.29 is 9.50 Å². The monoisotopic (exact) mass is 260 g/mol. The van der Waals surface area contributed by atoms with Crippen LogP contribution in [0.1, 0.15) is 17.9 Å². The molecule has 0 radical (unpaired) electrons. The van der Waals surface area contributed by atoms with Gasteiger partial charge in [-0.2, -0.15) is 0 Å². The van der Waals surface area contributed by atoms with Crippen LogP contribution in [-0.4, -0.2) is 11.7 Å². The Labute approximate surface area is 103 Å². The number of aliphatic hydroxyl groups is 1. The van der Waals surface area contributed by atoms with Crippen LogP contribution in [0.25, 0.3) is 0 Å². The fourth-order valence-electron chi connectivity index (χ4n) is 1.81. The Morgan fingerprint density at radius 3 is 2.81 bits per heavy atom. The second-order valence-electron chi connectivity index (χ2n) is 3.95. The summed E-state index contributed by atoms with van der Waals surface area (Å²) in [5.74, 6) is 0.00372. The van der Waals surface area contributed by atoms with Crippen LogP contribution in [0.2, 0.25) is 10.0 Å². The molecular weight excluding hydrogens is 250 g/mol. The van der Waals surface area contributed by atoms with E-state index >= 15 is 0 Å². The van der Waals surface area contributed by atoms with Crippen molar-refractivity contribution in [3.63, 3.8) is 0 Å². The van der Waals surface area contributed by atoms with Gasteiger partial charge in [0.1, 0.15) is 5.83 Å². The van der Waals surface area contributed by atoms with Crippen molar-refractivity contribution in [2.45, 2.75) is 12.3 Å². The van der Waals surface area contributed by atoms with E-state index in [9.17, 15) is 4.39 Å². The lowest BCUT2D eigenvalue weighted by atomic mass is 10.1. The van der Waals surface area contributed by atoms with Gasteiger partial charge in [-0.1, -0.05) is 29.3 Å². The molecule has 1 saturated carbocycles. The Kier molecular flexibility index (Phi) is 3.53. The summed E-state index contributed by atoms with van der Waals surface area (Å²) in [7, 11) is 0. The molecule has 1 nitrogen and oxygen atoms in total. The molecule has 4 heteroatoms. The number of aliphatic hydroxyl groups excluding tert-OH is 1. The lowest BCUT2D eigenvalue weighted by Gasteiger charge is -2.01. The summed E-state index contributed by atoms with van der Waals surface area (Å²) in [6.07, 6.45) is 2.37. The Balaban J connectivity index is 2.09. The van der Waals surface area contributed by atoms with Gasteiger partial charge < -0.3 is 5.11 Å². The van der Waals surface area contributed by atoms with E-state index in [1.54, 1.807) is 6.07 Å². The van der Waals surface area contributed by atoms with E-state index in [0.29, 0.717) is 16.0 Å². The van der Waals surface area contributed by atoms with Gasteiger partial charge in [0.25, 0.3) is 0 Å². The molecule has 1 aromatic carbocycles. The van der Waals surface area contributed by atoms with E-state index < -0.39 is 12.4 Å². The molecule has 1 aliphatic rings. The minimum atomic E-state index is -0.523. The molecule has 1 fully saturated rings. The van der Waals surface area contributed by atoms with Crippen LogP contribution < -0.4 is 0 Å². The van der Waals surface area contributed by atoms with E-state index in [1.165, 1.54) is 6.08 Å². The molecule has 0 aliphatic heterocycles. The minimum absolute atomic E-state index is 0.171. The summed E-state index contributed by atoms with van der Waals surface area (Å²) in [5, 5.41) is 9.62. The zero-order chi connectivity index (χ0) is 11.7. The zero-order valence-corrected chi connectivity index (χ0v) is 9.97. The molecule has 86 valence electrons. The molecule has 0 spiro atoms. The summed E-state index contributed by atoms with van der Waals surface area (Å²) >= 11 is 11.7. The van der Waals surface area contributed by atoms with E-state index in [1.807, 2.05) is 12.1 Å². The third-order valence-electron chi connectivity index (χ3n) is 2.76. The first-order valence-electron chi connectivity index (χ1n) is 5.04. The summed E-state index contributed by atoms with van der Waals surface area (Å²) < 4.78 is 12.8. The molecule has 0 bridgehead atoms. The SMILES string of the molecule is OC/C(F)=C/[C@@H]1C[C@H]1c1ccc(Cl)c(Cl)c1. The first-order chi connectivity index (χ1) is 7.61. The van der Waals surface area contributed by atoms with Crippen LogP contribution in [0.15, 0.2) is 30.1 Å². The minimum Gasteiger partial charge on any atom is -0.389 e. The fourth-order valence-corrected chi connectivity index (χ4v) is 2.12. The third kappa shape index (κ3) is 2.57. The van der Waals surface area contributed by atoms with E-state index in [0.717, 1.165) is 12.0 Å². The summed E-state index contributed by atoms with van der Waals surface area (Å²) in [6, 6.07) is 5.48. The van der Waals surface area contributed by atoms with Crippen molar-refractivity contribution in [2.75, 3.05) is 6.61 Å². The van der Waals surface area contributed by atoms with Gasteiger partial charge in [0, 0.05) is 0 Å². The molecule has 1 N–H and O–H groups in total. The maximum atomic E-state index is 12.8. The number of halogens is 3. The van der Waals surface area contributed by atoms with Gasteiger partial charge in [0.05, 0.1) is 16.7 Å². The van der Waals surface area contributed by atoms with Crippen molar-refractivity contribution in [3.05, 3.63) is 45.7 Å². The van der Waals surface area contributed by atoms with Crippen LogP contribution in [-0.2, 0) is 0 Å². The number of hydrogen-bond donors (Lipinski definition) is 1. The van der Waals surface area contributed by atoms with Crippen LogP contribution in [0.4, 0.5) is 4.39 Å². The first kappa shape index (κ1) is 11.9. The number of hydrogen-bond acceptors (Lipinski definition) is 1. The second kappa shape index (κ2) is 4.74. The Morgan fingerprint density at radius 1 is 1.44 bits per heavy atom. The summed E-state index contributed by atoms with van der Waals surface area (Å²) in [5.41, 5.74) is 1.07. The Hall–Kier alpha value is -0.570. The second-order valence-corrected chi connectivity index (χ2v) is 4.77. The molecule has 0 unspecified atom stereocenters. The molecule has 16 heavy (non-hydrogen) atoms.